The van der Waals surface area contributed by atoms with Crippen LogP contribution in [0, 0.1) is 15.9 Å². The first-order valence-electron chi connectivity index (χ1n) is 3.39. The third kappa shape index (κ3) is 1.98. The van der Waals surface area contributed by atoms with Gasteiger partial charge in [-0.25, -0.2) is 4.39 Å². The maximum Gasteiger partial charge on any atom is 0.322 e. The van der Waals surface area contributed by atoms with Crippen LogP contribution in [0.2, 0.25) is 0 Å². The SMILES string of the molecule is O=[N+]([O-])c1c(Br)ccc(OCF)c1F. The maximum atomic E-state index is 13.2. The van der Waals surface area contributed by atoms with Gasteiger partial charge in [0.1, 0.15) is 0 Å². The molecule has 76 valence electrons. The van der Waals surface area contributed by atoms with E-state index >= 15 is 0 Å². The molecule has 0 spiro atoms. The average molecular weight is 268 g/mol. The van der Waals surface area contributed by atoms with Gasteiger partial charge < -0.3 is 4.74 Å². The first-order chi connectivity index (χ1) is 6.57. The number of nitro groups is 1. The molecule has 0 radical (unpaired) electrons. The summed E-state index contributed by atoms with van der Waals surface area (Å²) in [5, 5.41) is 10.4. The summed E-state index contributed by atoms with van der Waals surface area (Å²) in [5.74, 6) is -1.68. The number of alkyl halides is 1. The van der Waals surface area contributed by atoms with Gasteiger partial charge in [-0.15, -0.1) is 0 Å². The Morgan fingerprint density at radius 1 is 1.57 bits per heavy atom. The average Bonchev–Trinajstić information content (AvgIpc) is 2.10. The summed E-state index contributed by atoms with van der Waals surface area (Å²) >= 11 is 2.80. The Kier molecular flexibility index (Phi) is 3.34. The summed E-state index contributed by atoms with van der Waals surface area (Å²) < 4.78 is 29.1. The number of halogens is 3. The molecule has 1 rings (SSSR count). The molecule has 0 atom stereocenters. The van der Waals surface area contributed by atoms with Crippen LogP contribution in [0.4, 0.5) is 14.5 Å². The van der Waals surface area contributed by atoms with Gasteiger partial charge in [-0.2, -0.15) is 4.39 Å². The third-order valence-electron chi connectivity index (χ3n) is 1.42. The summed E-state index contributed by atoms with van der Waals surface area (Å²) in [6.45, 7) is -1.24. The molecule has 0 aliphatic carbocycles. The van der Waals surface area contributed by atoms with Gasteiger partial charge >= 0.3 is 5.69 Å². The largest absolute Gasteiger partial charge is 0.460 e. The molecular weight excluding hydrogens is 264 g/mol. The zero-order valence-electron chi connectivity index (χ0n) is 6.67. The van der Waals surface area contributed by atoms with Crippen LogP contribution < -0.4 is 4.74 Å². The monoisotopic (exact) mass is 267 g/mol. The van der Waals surface area contributed by atoms with Crippen molar-refractivity contribution in [1.82, 2.24) is 0 Å². The standard InChI is InChI=1S/C7H4BrF2NO3/c8-4-1-2-5(14-3-9)6(10)7(4)11(12)13/h1-2H,3H2. The topological polar surface area (TPSA) is 52.4 Å². The molecule has 0 bridgehead atoms. The Morgan fingerprint density at radius 3 is 2.71 bits per heavy atom. The minimum Gasteiger partial charge on any atom is -0.460 e. The van der Waals surface area contributed by atoms with Gasteiger partial charge in [0.05, 0.1) is 9.40 Å². The lowest BCUT2D eigenvalue weighted by Crippen LogP contribution is -1.99. The van der Waals surface area contributed by atoms with Crippen LogP contribution in [0.5, 0.6) is 5.75 Å². The highest BCUT2D eigenvalue weighted by Gasteiger charge is 2.23. The van der Waals surface area contributed by atoms with E-state index in [0.717, 1.165) is 6.07 Å². The number of nitro benzene ring substituents is 1. The molecule has 14 heavy (non-hydrogen) atoms. The molecule has 1 aromatic carbocycles. The predicted molar refractivity (Wildman–Crippen MR) is 47.4 cm³/mol. The number of hydrogen-bond donors (Lipinski definition) is 0. The second kappa shape index (κ2) is 4.32. The Morgan fingerprint density at radius 2 is 2.21 bits per heavy atom. The lowest BCUT2D eigenvalue weighted by Gasteiger charge is -2.03. The minimum absolute atomic E-state index is 0.0220. The highest BCUT2D eigenvalue weighted by molar-refractivity contribution is 9.10. The van der Waals surface area contributed by atoms with Crippen molar-refractivity contribution < 1.29 is 18.4 Å². The van der Waals surface area contributed by atoms with E-state index in [-0.39, 0.29) is 4.47 Å². The highest BCUT2D eigenvalue weighted by Crippen LogP contribution is 2.33. The van der Waals surface area contributed by atoms with Crippen molar-refractivity contribution in [2.45, 2.75) is 0 Å². The molecule has 0 unspecified atom stereocenters. The molecule has 0 N–H and O–H groups in total. The van der Waals surface area contributed by atoms with Crippen LogP contribution in [0.1, 0.15) is 0 Å². The summed E-state index contributed by atoms with van der Waals surface area (Å²) in [7, 11) is 0. The molecule has 7 heteroatoms. The van der Waals surface area contributed by atoms with E-state index in [9.17, 15) is 18.9 Å². The molecule has 0 aromatic heterocycles. The number of benzene rings is 1. The normalized spacial score (nSPS) is 9.93. The molecule has 0 fully saturated rings. The van der Waals surface area contributed by atoms with Crippen molar-refractivity contribution in [2.24, 2.45) is 0 Å². The van der Waals surface area contributed by atoms with Crippen LogP contribution in [0.15, 0.2) is 16.6 Å². The lowest BCUT2D eigenvalue weighted by atomic mass is 10.3. The Balaban J connectivity index is 3.26. The van der Waals surface area contributed by atoms with Gasteiger partial charge in [-0.05, 0) is 28.1 Å². The summed E-state index contributed by atoms with van der Waals surface area (Å²) in [6, 6.07) is 2.32. The maximum absolute atomic E-state index is 13.2. The third-order valence-corrected chi connectivity index (χ3v) is 2.06. The summed E-state index contributed by atoms with van der Waals surface area (Å²) in [4.78, 5) is 9.47. The van der Waals surface area contributed by atoms with E-state index in [0.29, 0.717) is 0 Å². The van der Waals surface area contributed by atoms with E-state index in [2.05, 4.69) is 20.7 Å². The van der Waals surface area contributed by atoms with Crippen molar-refractivity contribution >= 4 is 21.6 Å². The predicted octanol–water partition coefficient (Wildman–Crippen LogP) is 2.80. The summed E-state index contributed by atoms with van der Waals surface area (Å²) in [6.07, 6.45) is 0. The molecule has 0 aliphatic rings. The second-order valence-corrected chi connectivity index (χ2v) is 3.07. The van der Waals surface area contributed by atoms with E-state index in [1.165, 1.54) is 6.07 Å². The molecule has 0 saturated heterocycles. The fourth-order valence-electron chi connectivity index (χ4n) is 0.860. The molecule has 0 saturated carbocycles. The smallest absolute Gasteiger partial charge is 0.322 e. The molecule has 0 aliphatic heterocycles. The number of nitrogens with zero attached hydrogens (tertiary/aromatic N) is 1. The van der Waals surface area contributed by atoms with Crippen LogP contribution in [0.25, 0.3) is 0 Å². The zero-order valence-corrected chi connectivity index (χ0v) is 8.25. The van der Waals surface area contributed by atoms with Crippen molar-refractivity contribution in [3.05, 3.63) is 32.5 Å². The first-order valence-corrected chi connectivity index (χ1v) is 4.18. The van der Waals surface area contributed by atoms with Gasteiger partial charge in [-0.3, -0.25) is 10.1 Å². The lowest BCUT2D eigenvalue weighted by molar-refractivity contribution is -0.388. The highest BCUT2D eigenvalue weighted by atomic mass is 79.9. The summed E-state index contributed by atoms with van der Waals surface area (Å²) in [5.41, 5.74) is -0.768. The van der Waals surface area contributed by atoms with Crippen molar-refractivity contribution in [3.8, 4) is 5.75 Å². The fourth-order valence-corrected chi connectivity index (χ4v) is 1.31. The zero-order chi connectivity index (χ0) is 10.7. The second-order valence-electron chi connectivity index (χ2n) is 2.22. The van der Waals surface area contributed by atoms with E-state index in [1.807, 2.05) is 0 Å². The molecule has 1 aromatic rings. The Hall–Kier alpha value is -1.24. The van der Waals surface area contributed by atoms with Crippen molar-refractivity contribution in [1.29, 1.82) is 0 Å². The van der Waals surface area contributed by atoms with Gasteiger partial charge in [-0.1, -0.05) is 0 Å². The van der Waals surface area contributed by atoms with Gasteiger partial charge in [0, 0.05) is 0 Å². The van der Waals surface area contributed by atoms with Gasteiger partial charge in [0.15, 0.2) is 5.75 Å². The van der Waals surface area contributed by atoms with Crippen LogP contribution in [-0.4, -0.2) is 11.8 Å². The van der Waals surface area contributed by atoms with Crippen molar-refractivity contribution in [2.75, 3.05) is 6.86 Å². The number of hydrogen-bond acceptors (Lipinski definition) is 3. The van der Waals surface area contributed by atoms with E-state index in [4.69, 9.17) is 0 Å². The van der Waals surface area contributed by atoms with Crippen LogP contribution >= 0.6 is 15.9 Å². The molecule has 4 nitrogen and oxygen atoms in total. The van der Waals surface area contributed by atoms with Gasteiger partial charge in [0.2, 0.25) is 12.7 Å². The Labute approximate surface area is 85.8 Å². The number of ether oxygens (including phenoxy) is 1. The fraction of sp³-hybridized carbons (Fsp3) is 0.143. The Bertz CT molecular complexity index is 372. The van der Waals surface area contributed by atoms with E-state index in [1.54, 1.807) is 0 Å². The number of rotatable bonds is 3. The van der Waals surface area contributed by atoms with Crippen LogP contribution in [-0.2, 0) is 0 Å². The quantitative estimate of drug-likeness (QED) is 0.625. The first kappa shape index (κ1) is 10.8. The molecular formula is C7H4BrF2NO3. The van der Waals surface area contributed by atoms with Crippen molar-refractivity contribution in [3.63, 3.8) is 0 Å². The molecule has 0 heterocycles. The minimum atomic E-state index is -1.24. The molecule has 0 amide bonds. The van der Waals surface area contributed by atoms with Gasteiger partial charge in [0.25, 0.3) is 0 Å². The van der Waals surface area contributed by atoms with E-state index < -0.39 is 29.0 Å². The van der Waals surface area contributed by atoms with Crippen LogP contribution in [0.3, 0.4) is 0 Å².